The molecular weight excluding hydrogens is 297 g/mol. The van der Waals surface area contributed by atoms with Crippen molar-refractivity contribution >= 4 is 28.4 Å². The first-order valence-corrected chi connectivity index (χ1v) is 5.98. The summed E-state index contributed by atoms with van der Waals surface area (Å²) in [6.07, 6.45) is -0.770. The Bertz CT molecular complexity index is 860. The molecule has 0 saturated heterocycles. The zero-order chi connectivity index (χ0) is 15.7. The van der Waals surface area contributed by atoms with E-state index in [0.29, 0.717) is 0 Å². The molecule has 0 aliphatic carbocycles. The van der Waals surface area contributed by atoms with Crippen LogP contribution in [0.2, 0.25) is 0 Å². The third-order valence-corrected chi connectivity index (χ3v) is 2.85. The van der Waals surface area contributed by atoms with Crippen LogP contribution in [0.3, 0.4) is 0 Å². The Kier molecular flexibility index (Phi) is 3.14. The number of benzene rings is 1. The van der Waals surface area contributed by atoms with Crippen molar-refractivity contribution in [3.8, 4) is 0 Å². The minimum absolute atomic E-state index is 0.0967. The van der Waals surface area contributed by atoms with Gasteiger partial charge in [0, 0.05) is 18.1 Å². The second-order valence-electron chi connectivity index (χ2n) is 4.32. The number of H-pyrrole nitrogens is 1. The van der Waals surface area contributed by atoms with E-state index in [1.54, 1.807) is 0 Å². The number of rotatable bonds is 2. The fraction of sp³-hybridized carbons (Fsp3) is 0.0769. The predicted octanol–water partition coefficient (Wildman–Crippen LogP) is 3.67. The van der Waals surface area contributed by atoms with Crippen molar-refractivity contribution in [3.05, 3.63) is 47.8 Å². The summed E-state index contributed by atoms with van der Waals surface area (Å²) in [5.41, 5.74) is -0.353. The number of aromatic nitrogens is 4. The van der Waals surface area contributed by atoms with Crippen LogP contribution in [0.4, 0.5) is 30.5 Å². The van der Waals surface area contributed by atoms with Crippen molar-refractivity contribution in [2.24, 2.45) is 0 Å². The predicted molar refractivity (Wildman–Crippen MR) is 72.7 cm³/mol. The highest BCUT2D eigenvalue weighted by molar-refractivity contribution is 5.83. The van der Waals surface area contributed by atoms with Gasteiger partial charge in [-0.15, -0.1) is 0 Å². The van der Waals surface area contributed by atoms with Crippen LogP contribution in [-0.4, -0.2) is 19.9 Å². The Balaban J connectivity index is 2.02. The number of aromatic amines is 1. The molecule has 0 amide bonds. The number of hydrogen-bond acceptors (Lipinski definition) is 4. The van der Waals surface area contributed by atoms with Crippen LogP contribution in [0.5, 0.6) is 0 Å². The lowest BCUT2D eigenvalue weighted by Crippen LogP contribution is -2.07. The van der Waals surface area contributed by atoms with Gasteiger partial charge in [0.05, 0.1) is 24.0 Å². The van der Waals surface area contributed by atoms with Crippen LogP contribution in [0.25, 0.3) is 15.9 Å². The maximum absolute atomic E-state index is 13.1. The first-order chi connectivity index (χ1) is 10.5. The smallest absolute Gasteiger partial charge is 0.345 e. The SMILES string of the molecule is [C-]#[N+]c1cnc(Nc2cc(C(F)(F)F)c3nc[nH]c3c2)nc1. The van der Waals surface area contributed by atoms with Gasteiger partial charge in [-0.05, 0) is 12.1 Å². The van der Waals surface area contributed by atoms with Gasteiger partial charge in [0.2, 0.25) is 11.6 Å². The molecule has 3 aromatic rings. The zero-order valence-corrected chi connectivity index (χ0v) is 10.8. The van der Waals surface area contributed by atoms with Gasteiger partial charge in [-0.2, -0.15) is 13.2 Å². The maximum Gasteiger partial charge on any atom is 0.418 e. The van der Waals surface area contributed by atoms with Gasteiger partial charge in [-0.1, -0.05) is 0 Å². The lowest BCUT2D eigenvalue weighted by atomic mass is 10.1. The van der Waals surface area contributed by atoms with E-state index >= 15 is 0 Å². The average molecular weight is 304 g/mol. The van der Waals surface area contributed by atoms with Crippen molar-refractivity contribution < 1.29 is 13.2 Å². The fourth-order valence-corrected chi connectivity index (χ4v) is 1.91. The highest BCUT2D eigenvalue weighted by Gasteiger charge is 2.34. The van der Waals surface area contributed by atoms with Gasteiger partial charge in [0.25, 0.3) is 0 Å². The van der Waals surface area contributed by atoms with Gasteiger partial charge >= 0.3 is 6.18 Å². The van der Waals surface area contributed by atoms with Crippen LogP contribution < -0.4 is 5.32 Å². The Morgan fingerprint density at radius 2 is 1.86 bits per heavy atom. The zero-order valence-electron chi connectivity index (χ0n) is 10.8. The van der Waals surface area contributed by atoms with Crippen LogP contribution in [0.1, 0.15) is 5.56 Å². The molecule has 0 radical (unpaired) electrons. The van der Waals surface area contributed by atoms with Gasteiger partial charge in [0.15, 0.2) is 0 Å². The summed E-state index contributed by atoms with van der Waals surface area (Å²) in [6, 6.07) is 2.42. The van der Waals surface area contributed by atoms with Crippen molar-refractivity contribution in [3.63, 3.8) is 0 Å². The third kappa shape index (κ3) is 2.54. The molecule has 2 N–H and O–H groups in total. The molecule has 0 aliphatic rings. The van der Waals surface area contributed by atoms with Crippen LogP contribution in [0.15, 0.2) is 30.9 Å². The molecule has 0 fully saturated rings. The molecule has 110 valence electrons. The molecule has 6 nitrogen and oxygen atoms in total. The lowest BCUT2D eigenvalue weighted by Gasteiger charge is -2.11. The number of anilines is 2. The number of halogens is 3. The van der Waals surface area contributed by atoms with Gasteiger partial charge in [0.1, 0.15) is 5.52 Å². The second kappa shape index (κ2) is 5.00. The average Bonchev–Trinajstić information content (AvgIpc) is 2.94. The Labute approximate surface area is 121 Å². The quantitative estimate of drug-likeness (QED) is 0.709. The highest BCUT2D eigenvalue weighted by Crippen LogP contribution is 2.36. The molecule has 3 rings (SSSR count). The first kappa shape index (κ1) is 13.8. The Morgan fingerprint density at radius 1 is 1.14 bits per heavy atom. The van der Waals surface area contributed by atoms with Gasteiger partial charge < -0.3 is 10.3 Å². The summed E-state index contributed by atoms with van der Waals surface area (Å²) >= 11 is 0. The topological polar surface area (TPSA) is 70.8 Å². The van der Waals surface area contributed by atoms with Crippen molar-refractivity contribution in [2.75, 3.05) is 5.32 Å². The van der Waals surface area contributed by atoms with E-state index in [0.717, 1.165) is 6.07 Å². The molecule has 0 unspecified atom stereocenters. The van der Waals surface area contributed by atoms with Crippen molar-refractivity contribution in [1.29, 1.82) is 0 Å². The standard InChI is InChI=1S/C13H7F3N6/c1-17-8-4-18-12(19-5-8)22-7-2-9(13(14,15)16)11-10(3-7)20-6-21-11/h2-6H,(H,20,21)(H,18,19,22). The van der Waals surface area contributed by atoms with E-state index in [1.807, 2.05) is 0 Å². The largest absolute Gasteiger partial charge is 0.418 e. The van der Waals surface area contributed by atoms with Gasteiger partial charge in [-0.25, -0.2) is 19.8 Å². The Hall–Kier alpha value is -3.15. The van der Waals surface area contributed by atoms with E-state index in [9.17, 15) is 13.2 Å². The van der Waals surface area contributed by atoms with E-state index in [-0.39, 0.29) is 28.4 Å². The molecule has 22 heavy (non-hydrogen) atoms. The van der Waals surface area contributed by atoms with E-state index in [1.165, 1.54) is 24.8 Å². The monoisotopic (exact) mass is 304 g/mol. The van der Waals surface area contributed by atoms with Crippen molar-refractivity contribution in [1.82, 2.24) is 19.9 Å². The maximum atomic E-state index is 13.1. The van der Waals surface area contributed by atoms with E-state index < -0.39 is 11.7 Å². The molecule has 9 heteroatoms. The van der Waals surface area contributed by atoms with Crippen LogP contribution in [-0.2, 0) is 6.18 Å². The summed E-state index contributed by atoms with van der Waals surface area (Å²) in [4.78, 5) is 17.2. The van der Waals surface area contributed by atoms with Gasteiger partial charge in [-0.3, -0.25) is 0 Å². The molecule has 0 spiro atoms. The fourth-order valence-electron chi connectivity index (χ4n) is 1.91. The van der Waals surface area contributed by atoms with Crippen molar-refractivity contribution in [2.45, 2.75) is 6.18 Å². The summed E-state index contributed by atoms with van der Waals surface area (Å²) < 4.78 is 39.2. The molecule has 0 bridgehead atoms. The molecule has 2 aromatic heterocycles. The normalized spacial score (nSPS) is 11.4. The summed E-state index contributed by atoms with van der Waals surface area (Å²) in [6.45, 7) is 6.79. The summed E-state index contributed by atoms with van der Waals surface area (Å²) in [7, 11) is 0. The number of alkyl halides is 3. The number of fused-ring (bicyclic) bond motifs is 1. The van der Waals surface area contributed by atoms with E-state index in [4.69, 9.17) is 6.57 Å². The number of nitrogens with one attached hydrogen (secondary N) is 2. The lowest BCUT2D eigenvalue weighted by molar-refractivity contribution is -0.136. The van der Waals surface area contributed by atoms with Crippen LogP contribution in [0, 0.1) is 6.57 Å². The summed E-state index contributed by atoms with van der Waals surface area (Å²) in [5.74, 6) is 0.0967. The molecular formula is C13H7F3N6. The second-order valence-corrected chi connectivity index (χ2v) is 4.32. The first-order valence-electron chi connectivity index (χ1n) is 5.98. The third-order valence-electron chi connectivity index (χ3n) is 2.85. The minimum Gasteiger partial charge on any atom is -0.345 e. The number of hydrogen-bond donors (Lipinski definition) is 2. The Morgan fingerprint density at radius 3 is 2.50 bits per heavy atom. The summed E-state index contributed by atoms with van der Waals surface area (Å²) in [5, 5.41) is 2.68. The minimum atomic E-state index is -4.53. The molecule has 0 saturated carbocycles. The molecule has 2 heterocycles. The molecule has 0 aliphatic heterocycles. The van der Waals surface area contributed by atoms with E-state index in [2.05, 4.69) is 30.1 Å². The molecule has 0 atom stereocenters. The molecule has 1 aromatic carbocycles. The number of nitrogens with zero attached hydrogens (tertiary/aromatic N) is 4. The van der Waals surface area contributed by atoms with Crippen LogP contribution >= 0.6 is 0 Å². The highest BCUT2D eigenvalue weighted by atomic mass is 19.4. The number of imidazole rings is 1.